The van der Waals surface area contributed by atoms with Crippen LogP contribution in [0.25, 0.3) is 66.7 Å². The van der Waals surface area contributed by atoms with E-state index < -0.39 is 5.97 Å². The molecule has 0 fully saturated rings. The third kappa shape index (κ3) is 10.2. The van der Waals surface area contributed by atoms with Gasteiger partial charge in [-0.15, -0.1) is 0 Å². The van der Waals surface area contributed by atoms with Gasteiger partial charge in [-0.25, -0.2) is 4.79 Å². The van der Waals surface area contributed by atoms with Gasteiger partial charge in [-0.05, 0) is 102 Å². The van der Waals surface area contributed by atoms with Gasteiger partial charge in [-0.2, -0.15) is 10.5 Å². The van der Waals surface area contributed by atoms with E-state index in [4.69, 9.17) is 4.74 Å². The molecule has 9 heteroatoms. The number of nitriles is 2. The Hall–Kier alpha value is -7.33. The number of aromatic nitrogens is 4. The zero-order chi connectivity index (χ0) is 51.4. The van der Waals surface area contributed by atoms with E-state index in [1.807, 2.05) is 12.1 Å². The lowest BCUT2D eigenvalue weighted by atomic mass is 9.79. The molecule has 0 radical (unpaired) electrons. The van der Waals surface area contributed by atoms with Crippen molar-refractivity contribution >= 4 is 43.8 Å². The van der Waals surface area contributed by atoms with Crippen molar-refractivity contribution in [3.8, 4) is 56.9 Å². The fraction of sp³-hybridized carbons (Fsp3) is 0.274. The molecule has 0 saturated heterocycles. The third-order valence-electron chi connectivity index (χ3n) is 13.2. The summed E-state index contributed by atoms with van der Waals surface area (Å²) in [6.07, 6.45) is 3.17. The highest BCUT2D eigenvalue weighted by molar-refractivity contribution is 9.10. The molecule has 8 nitrogen and oxygen atoms in total. The van der Waals surface area contributed by atoms with Gasteiger partial charge in [0.1, 0.15) is 23.3 Å². The fourth-order valence-electron chi connectivity index (χ4n) is 8.87. The van der Waals surface area contributed by atoms with Crippen LogP contribution in [0.15, 0.2) is 126 Å². The molecule has 4 aromatic heterocycles. The first kappa shape index (κ1) is 50.1. The lowest BCUT2D eigenvalue weighted by molar-refractivity contribution is 0.0600. The Morgan fingerprint density at radius 2 is 0.845 bits per heavy atom. The topological polar surface area (TPSA) is 131 Å². The molecule has 0 spiro atoms. The smallest absolute Gasteiger partial charge is 0.337 e. The van der Waals surface area contributed by atoms with E-state index in [2.05, 4.69) is 216 Å². The van der Waals surface area contributed by atoms with E-state index in [9.17, 15) is 15.3 Å². The summed E-state index contributed by atoms with van der Waals surface area (Å²) in [5.41, 5.74) is 13.7. The quantitative estimate of drug-likeness (QED) is 0.153. The van der Waals surface area contributed by atoms with Crippen molar-refractivity contribution in [1.82, 2.24) is 19.9 Å². The zero-order valence-electron chi connectivity index (χ0n) is 43.0. The number of nitrogens with zero attached hydrogens (tertiary/aromatic N) is 4. The van der Waals surface area contributed by atoms with Gasteiger partial charge in [0.05, 0.1) is 46.1 Å². The van der Waals surface area contributed by atoms with Crippen molar-refractivity contribution in [3.05, 3.63) is 176 Å². The number of ether oxygens (including phenoxy) is 1. The van der Waals surface area contributed by atoms with E-state index in [0.29, 0.717) is 44.1 Å². The van der Waals surface area contributed by atoms with Gasteiger partial charge in [-0.3, -0.25) is 9.97 Å². The van der Waals surface area contributed by atoms with E-state index >= 15 is 0 Å². The molecule has 0 amide bonds. The molecule has 0 unspecified atom stereocenters. The van der Waals surface area contributed by atoms with Gasteiger partial charge in [0, 0.05) is 27.6 Å². The summed E-state index contributed by atoms with van der Waals surface area (Å²) in [7, 11) is 1.32. The minimum absolute atomic E-state index is 0.0592. The van der Waals surface area contributed by atoms with Gasteiger partial charge >= 0.3 is 5.97 Å². The van der Waals surface area contributed by atoms with E-state index in [-0.39, 0.29) is 38.5 Å². The van der Waals surface area contributed by atoms with Crippen LogP contribution in [0, 0.1) is 22.7 Å². The fourth-order valence-corrected chi connectivity index (χ4v) is 9.21. The van der Waals surface area contributed by atoms with Gasteiger partial charge < -0.3 is 14.7 Å². The Bertz CT molecular complexity index is 3410. The van der Waals surface area contributed by atoms with Gasteiger partial charge in [-0.1, -0.05) is 184 Å². The normalized spacial score (nSPS) is 13.1. The number of halogens is 1. The lowest BCUT2D eigenvalue weighted by Crippen LogP contribution is -2.16. The molecule has 8 rings (SSSR count). The van der Waals surface area contributed by atoms with Crippen LogP contribution in [-0.4, -0.2) is 33.0 Å². The van der Waals surface area contributed by atoms with Gasteiger partial charge in [0.25, 0.3) is 0 Å². The number of pyridine rings is 2. The maximum Gasteiger partial charge on any atom is 0.337 e. The average Bonchev–Trinajstić information content (AvgIpc) is 3.90. The number of carbonyl (C=O) groups is 1. The number of benzene rings is 4. The van der Waals surface area contributed by atoms with E-state index in [1.165, 1.54) is 35.6 Å². The number of fused-ring (bicyclic) bond motifs is 1. The van der Waals surface area contributed by atoms with Crippen LogP contribution in [0.1, 0.15) is 127 Å². The number of H-pyrrole nitrogens is 2. The second kappa shape index (κ2) is 18.8. The van der Waals surface area contributed by atoms with Crippen molar-refractivity contribution in [2.24, 2.45) is 0 Å². The number of esters is 1. The molecule has 2 N–H and O–H groups in total. The Morgan fingerprint density at radius 3 is 1.18 bits per heavy atom. The van der Waals surface area contributed by atoms with E-state index in [0.717, 1.165) is 37.9 Å². The number of hydrogen-bond donors (Lipinski definition) is 2. The summed E-state index contributed by atoms with van der Waals surface area (Å²) in [4.78, 5) is 29.6. The van der Waals surface area contributed by atoms with Crippen molar-refractivity contribution < 1.29 is 9.53 Å². The van der Waals surface area contributed by atoms with Crippen LogP contribution >= 0.6 is 15.9 Å². The Morgan fingerprint density at radius 1 is 0.493 bits per heavy atom. The number of methoxy groups -OCH3 is 1. The first-order valence-corrected chi connectivity index (χ1v) is 24.7. The van der Waals surface area contributed by atoms with Crippen LogP contribution in [0.5, 0.6) is 0 Å². The number of hydrogen-bond acceptors (Lipinski definition) is 6. The van der Waals surface area contributed by atoms with Crippen LogP contribution in [-0.2, 0) is 26.4 Å². The molecular formula is C62H61BrN6O2. The van der Waals surface area contributed by atoms with Crippen LogP contribution in [0.2, 0.25) is 0 Å². The van der Waals surface area contributed by atoms with Crippen LogP contribution in [0.3, 0.4) is 0 Å². The second-order valence-corrected chi connectivity index (χ2v) is 23.4. The molecule has 8 aromatic rings. The molecule has 0 atom stereocenters. The minimum Gasteiger partial charge on any atom is -0.465 e. The van der Waals surface area contributed by atoms with Crippen molar-refractivity contribution in [3.63, 3.8) is 0 Å². The molecule has 0 aliphatic heterocycles. The highest BCUT2D eigenvalue weighted by atomic mass is 79.9. The summed E-state index contributed by atoms with van der Waals surface area (Å²) in [6.45, 7) is 26.9. The summed E-state index contributed by atoms with van der Waals surface area (Å²) in [5, 5.41) is 24.7. The first-order valence-electron chi connectivity index (χ1n) is 23.9. The van der Waals surface area contributed by atoms with Crippen molar-refractivity contribution in [1.29, 1.82) is 10.5 Å². The number of rotatable bonds is 7. The average molecular weight is 1000 g/mol. The van der Waals surface area contributed by atoms with Crippen LogP contribution < -0.4 is 10.7 Å². The van der Waals surface area contributed by atoms with Crippen LogP contribution in [0.4, 0.5) is 0 Å². The van der Waals surface area contributed by atoms with Crippen molar-refractivity contribution in [2.75, 3.05) is 7.11 Å². The summed E-state index contributed by atoms with van der Waals surface area (Å²) in [6, 6.07) is 42.3. The summed E-state index contributed by atoms with van der Waals surface area (Å²) in [5.74, 6) is -0.548. The zero-order valence-corrected chi connectivity index (χ0v) is 44.6. The molecule has 4 heterocycles. The highest BCUT2D eigenvalue weighted by Gasteiger charge is 2.26. The highest BCUT2D eigenvalue weighted by Crippen LogP contribution is 2.39. The Kier molecular flexibility index (Phi) is 13.2. The standard InChI is InChI=1S/C62H61BrN6O2/c1-59(2,3)43-26-41(27-44(31-43)60(4,5)6)36-14-18-38(19-15-36)54-52-53(57(69-54)49(35-65)51-33-47(63)23-25-67-51)55(68-56(52)48(34-64)50-30-40(22-24-66-50)58(70)71-13)39-20-16-37(17-21-39)42-28-45(61(7,8)9)32-46(29-42)62(10,11)12/h14-33,68-69H,1-13H3/b56-48-,57-49-. The summed E-state index contributed by atoms with van der Waals surface area (Å²) < 4.78 is 5.84. The predicted octanol–water partition coefficient (Wildman–Crippen LogP) is 14.1. The Labute approximate surface area is 426 Å². The summed E-state index contributed by atoms with van der Waals surface area (Å²) >= 11 is 3.61. The molecule has 358 valence electrons. The van der Waals surface area contributed by atoms with E-state index in [1.54, 1.807) is 18.3 Å². The minimum atomic E-state index is -0.548. The maximum atomic E-state index is 12.9. The molecule has 4 aromatic carbocycles. The number of carbonyl (C=O) groups excluding carboxylic acids is 1. The third-order valence-corrected chi connectivity index (χ3v) is 13.7. The molecule has 0 saturated carbocycles. The lowest BCUT2D eigenvalue weighted by Gasteiger charge is -2.26. The number of aromatic amines is 2. The van der Waals surface area contributed by atoms with Crippen molar-refractivity contribution in [2.45, 2.75) is 105 Å². The van der Waals surface area contributed by atoms with Gasteiger partial charge in [0.2, 0.25) is 0 Å². The maximum absolute atomic E-state index is 12.9. The number of nitrogens with one attached hydrogen (secondary N) is 2. The SMILES string of the molecule is COC(=O)c1ccnc(/C(C#N)=c2\[nH]c(-c3ccc(-c4cc(C(C)(C)C)cc(C(C)(C)C)c4)cc3)c3/c(=C(\C#N)c4cc(Br)ccn4)[nH]c(-c4ccc(-c5cc(C(C)(C)C)cc(C(C)(C)C)c5)cc4)c23)c1. The first-order chi connectivity index (χ1) is 33.4. The molecule has 0 aliphatic carbocycles. The molecular weight excluding hydrogens is 941 g/mol. The van der Waals surface area contributed by atoms with Gasteiger partial charge in [0.15, 0.2) is 0 Å². The predicted molar refractivity (Wildman–Crippen MR) is 292 cm³/mol. The molecule has 0 aliphatic rings. The monoisotopic (exact) mass is 1000 g/mol. The molecule has 71 heavy (non-hydrogen) atoms. The molecule has 0 bridgehead atoms. The second-order valence-electron chi connectivity index (χ2n) is 22.5. The largest absolute Gasteiger partial charge is 0.465 e. The Balaban J connectivity index is 1.45.